The predicted octanol–water partition coefficient (Wildman–Crippen LogP) is 3.44. The van der Waals surface area contributed by atoms with Crippen molar-refractivity contribution in [2.24, 2.45) is 5.41 Å². The van der Waals surface area contributed by atoms with Gasteiger partial charge in [-0.05, 0) is 30.7 Å². The number of amides is 2. The van der Waals surface area contributed by atoms with Gasteiger partial charge in [-0.25, -0.2) is 0 Å². The van der Waals surface area contributed by atoms with Crippen molar-refractivity contribution in [2.45, 2.75) is 51.4 Å². The highest BCUT2D eigenvalue weighted by molar-refractivity contribution is 7.13. The monoisotopic (exact) mass is 359 g/mol. The minimum atomic E-state index is -0.397. The second kappa shape index (κ2) is 6.71. The molecular weight excluding hydrogens is 338 g/mol. The number of carbonyl (C=O) groups is 2. The molecule has 2 fully saturated rings. The largest absolute Gasteiger partial charge is 0.339 e. The van der Waals surface area contributed by atoms with Crippen LogP contribution in [0, 0.1) is 5.41 Å². The molecule has 2 amide bonds. The van der Waals surface area contributed by atoms with Crippen LogP contribution in [0.5, 0.6) is 0 Å². The molecule has 1 aliphatic heterocycles. The maximum Gasteiger partial charge on any atom is 0.235 e. The molecule has 0 bridgehead atoms. The topological polar surface area (TPSA) is 76.3 Å². The summed E-state index contributed by atoms with van der Waals surface area (Å²) < 4.78 is 5.27. The van der Waals surface area contributed by atoms with Crippen LogP contribution in [-0.2, 0) is 16.0 Å². The summed E-state index contributed by atoms with van der Waals surface area (Å²) >= 11 is 1.56. The predicted molar refractivity (Wildman–Crippen MR) is 92.8 cm³/mol. The average molecular weight is 359 g/mol. The number of thiophene rings is 1. The Morgan fingerprint density at radius 3 is 2.84 bits per heavy atom. The number of hydrogen-bond acceptors (Lipinski definition) is 6. The number of aromatic nitrogens is 2. The van der Waals surface area contributed by atoms with E-state index in [-0.39, 0.29) is 11.8 Å². The molecule has 132 valence electrons. The summed E-state index contributed by atoms with van der Waals surface area (Å²) in [6.45, 7) is 0.441. The molecule has 2 aromatic heterocycles. The summed E-state index contributed by atoms with van der Waals surface area (Å²) in [5.41, 5.74) is -0.397. The van der Waals surface area contributed by atoms with Gasteiger partial charge in [0.15, 0.2) is 0 Å². The molecule has 25 heavy (non-hydrogen) atoms. The van der Waals surface area contributed by atoms with E-state index in [2.05, 4.69) is 10.1 Å². The lowest BCUT2D eigenvalue weighted by Gasteiger charge is -2.30. The third kappa shape index (κ3) is 3.13. The molecule has 1 spiro atoms. The fourth-order valence-electron chi connectivity index (χ4n) is 3.96. The molecule has 0 aromatic carbocycles. The molecule has 2 aromatic rings. The quantitative estimate of drug-likeness (QED) is 0.764. The SMILES string of the molecule is O=C1CC2(CCCCC2)C(=O)N1CCCc1nc(-c2cccs2)no1. The van der Waals surface area contributed by atoms with E-state index in [1.54, 1.807) is 11.3 Å². The van der Waals surface area contributed by atoms with Crippen molar-refractivity contribution in [3.05, 3.63) is 23.4 Å². The van der Waals surface area contributed by atoms with E-state index in [1.165, 1.54) is 11.3 Å². The molecule has 6 nitrogen and oxygen atoms in total. The van der Waals surface area contributed by atoms with E-state index >= 15 is 0 Å². The molecule has 7 heteroatoms. The van der Waals surface area contributed by atoms with Crippen molar-refractivity contribution in [3.63, 3.8) is 0 Å². The molecular formula is C18H21N3O3S. The molecule has 0 N–H and O–H groups in total. The molecule has 2 aliphatic rings. The number of likely N-dealkylation sites (tertiary alicyclic amines) is 1. The van der Waals surface area contributed by atoms with Crippen LogP contribution in [0.4, 0.5) is 0 Å². The summed E-state index contributed by atoms with van der Waals surface area (Å²) in [6, 6.07) is 3.90. The standard InChI is InChI=1S/C18H21N3O3S/c22-15-12-18(8-2-1-3-9-18)17(23)21(15)10-4-7-14-19-16(20-24-14)13-6-5-11-25-13/h5-6,11H,1-4,7-10,12H2. The fourth-order valence-corrected chi connectivity index (χ4v) is 4.61. The van der Waals surface area contributed by atoms with Gasteiger partial charge in [0.25, 0.3) is 0 Å². The first-order valence-electron chi connectivity index (χ1n) is 8.89. The minimum absolute atomic E-state index is 0.0169. The summed E-state index contributed by atoms with van der Waals surface area (Å²) in [5.74, 6) is 1.17. The summed E-state index contributed by atoms with van der Waals surface area (Å²) in [5, 5.41) is 5.95. The van der Waals surface area contributed by atoms with Gasteiger partial charge in [-0.1, -0.05) is 30.5 Å². The van der Waals surface area contributed by atoms with E-state index in [4.69, 9.17) is 4.52 Å². The van der Waals surface area contributed by atoms with Crippen LogP contribution in [0.2, 0.25) is 0 Å². The van der Waals surface area contributed by atoms with E-state index in [0.29, 0.717) is 37.5 Å². The number of carbonyl (C=O) groups excluding carboxylic acids is 2. The van der Waals surface area contributed by atoms with E-state index in [0.717, 1.165) is 30.6 Å². The average Bonchev–Trinajstić information content (AvgIpc) is 3.33. The van der Waals surface area contributed by atoms with Gasteiger partial charge in [-0.3, -0.25) is 14.5 Å². The van der Waals surface area contributed by atoms with Crippen molar-refractivity contribution in [3.8, 4) is 10.7 Å². The molecule has 3 heterocycles. The van der Waals surface area contributed by atoms with Crippen LogP contribution in [0.1, 0.15) is 50.8 Å². The van der Waals surface area contributed by atoms with Crippen molar-refractivity contribution in [1.82, 2.24) is 15.0 Å². The maximum absolute atomic E-state index is 12.7. The van der Waals surface area contributed by atoms with Gasteiger partial charge in [-0.15, -0.1) is 11.3 Å². The molecule has 4 rings (SSSR count). The van der Waals surface area contributed by atoms with Gasteiger partial charge in [-0.2, -0.15) is 4.98 Å². The van der Waals surface area contributed by atoms with Crippen LogP contribution >= 0.6 is 11.3 Å². The van der Waals surface area contributed by atoms with Crippen LogP contribution in [0.15, 0.2) is 22.0 Å². The Labute approximate surface area is 150 Å². The summed E-state index contributed by atoms with van der Waals surface area (Å²) in [4.78, 5) is 31.9. The second-order valence-corrected chi connectivity index (χ2v) is 7.91. The van der Waals surface area contributed by atoms with Crippen LogP contribution in [-0.4, -0.2) is 33.4 Å². The Balaban J connectivity index is 1.34. The molecule has 0 atom stereocenters. The highest BCUT2D eigenvalue weighted by Gasteiger charge is 2.51. The second-order valence-electron chi connectivity index (χ2n) is 6.96. The Morgan fingerprint density at radius 1 is 1.24 bits per heavy atom. The number of imide groups is 1. The zero-order valence-corrected chi connectivity index (χ0v) is 14.9. The van der Waals surface area contributed by atoms with Gasteiger partial charge < -0.3 is 4.52 Å². The van der Waals surface area contributed by atoms with Gasteiger partial charge in [0, 0.05) is 19.4 Å². The van der Waals surface area contributed by atoms with Crippen molar-refractivity contribution >= 4 is 23.2 Å². The van der Waals surface area contributed by atoms with Gasteiger partial charge in [0.05, 0.1) is 10.3 Å². The van der Waals surface area contributed by atoms with Crippen molar-refractivity contribution in [2.75, 3.05) is 6.54 Å². The lowest BCUT2D eigenvalue weighted by Crippen LogP contribution is -2.37. The highest BCUT2D eigenvalue weighted by Crippen LogP contribution is 2.45. The summed E-state index contributed by atoms with van der Waals surface area (Å²) in [7, 11) is 0. The molecule has 0 radical (unpaired) electrons. The van der Waals surface area contributed by atoms with E-state index < -0.39 is 5.41 Å². The molecule has 1 saturated carbocycles. The lowest BCUT2D eigenvalue weighted by atomic mass is 9.73. The van der Waals surface area contributed by atoms with Crippen molar-refractivity contribution < 1.29 is 14.1 Å². The van der Waals surface area contributed by atoms with Gasteiger partial charge in [0.2, 0.25) is 23.5 Å². The van der Waals surface area contributed by atoms with Crippen LogP contribution < -0.4 is 0 Å². The van der Waals surface area contributed by atoms with Gasteiger partial charge in [0.1, 0.15) is 0 Å². The fraction of sp³-hybridized carbons (Fsp3) is 0.556. The Morgan fingerprint density at radius 2 is 2.08 bits per heavy atom. The zero-order valence-electron chi connectivity index (χ0n) is 14.1. The highest BCUT2D eigenvalue weighted by atomic mass is 32.1. The van der Waals surface area contributed by atoms with Crippen LogP contribution in [0.25, 0.3) is 10.7 Å². The molecule has 1 aliphatic carbocycles. The third-order valence-corrected chi connectivity index (χ3v) is 6.15. The number of hydrogen-bond donors (Lipinski definition) is 0. The Kier molecular flexibility index (Phi) is 4.41. The Bertz CT molecular complexity index is 762. The zero-order chi connectivity index (χ0) is 17.3. The maximum atomic E-state index is 12.7. The Hall–Kier alpha value is -2.02. The minimum Gasteiger partial charge on any atom is -0.339 e. The smallest absolute Gasteiger partial charge is 0.235 e. The first-order chi connectivity index (χ1) is 12.2. The number of aryl methyl sites for hydroxylation is 1. The van der Waals surface area contributed by atoms with Crippen LogP contribution in [0.3, 0.4) is 0 Å². The van der Waals surface area contributed by atoms with Gasteiger partial charge >= 0.3 is 0 Å². The normalized spacial score (nSPS) is 19.9. The van der Waals surface area contributed by atoms with E-state index in [9.17, 15) is 9.59 Å². The van der Waals surface area contributed by atoms with E-state index in [1.807, 2.05) is 17.5 Å². The third-order valence-electron chi connectivity index (χ3n) is 5.28. The molecule has 1 saturated heterocycles. The number of rotatable bonds is 5. The first-order valence-corrected chi connectivity index (χ1v) is 9.77. The van der Waals surface area contributed by atoms with Crippen molar-refractivity contribution in [1.29, 1.82) is 0 Å². The first kappa shape index (κ1) is 16.4. The number of nitrogens with zero attached hydrogens (tertiary/aromatic N) is 3. The summed E-state index contributed by atoms with van der Waals surface area (Å²) in [6.07, 6.45) is 6.63. The molecule has 0 unspecified atom stereocenters. The lowest BCUT2D eigenvalue weighted by molar-refractivity contribution is -0.142.